The fourth-order valence-electron chi connectivity index (χ4n) is 1.57. The van der Waals surface area contributed by atoms with Crippen LogP contribution in [0, 0.1) is 6.92 Å². The molecule has 0 fully saturated rings. The van der Waals surface area contributed by atoms with Crippen LogP contribution in [0.25, 0.3) is 0 Å². The van der Waals surface area contributed by atoms with Gasteiger partial charge in [0, 0.05) is 29.6 Å². The molecule has 0 aliphatic carbocycles. The lowest BCUT2D eigenvalue weighted by Crippen LogP contribution is -2.09. The highest BCUT2D eigenvalue weighted by molar-refractivity contribution is 9.10. The van der Waals surface area contributed by atoms with Gasteiger partial charge in [-0.2, -0.15) is 0 Å². The Hall–Kier alpha value is -0.580. The molecule has 0 aliphatic rings. The summed E-state index contributed by atoms with van der Waals surface area (Å²) in [5.41, 5.74) is 2.24. The highest BCUT2D eigenvalue weighted by Gasteiger charge is 2.08. The number of hydrogen-bond acceptors (Lipinski definition) is 3. The van der Waals surface area contributed by atoms with Crippen LogP contribution in [-0.2, 0) is 6.54 Å². The SMILES string of the molecule is CNCc1cc(Br)cc(C)c1OCCCO. The molecule has 4 heteroatoms. The van der Waals surface area contributed by atoms with Crippen LogP contribution < -0.4 is 10.1 Å². The monoisotopic (exact) mass is 287 g/mol. The minimum absolute atomic E-state index is 0.164. The summed E-state index contributed by atoms with van der Waals surface area (Å²) in [5, 5.41) is 11.8. The van der Waals surface area contributed by atoms with Gasteiger partial charge in [-0.3, -0.25) is 0 Å². The van der Waals surface area contributed by atoms with E-state index in [1.165, 1.54) is 0 Å². The van der Waals surface area contributed by atoms with Crippen molar-refractivity contribution in [1.29, 1.82) is 0 Å². The van der Waals surface area contributed by atoms with Gasteiger partial charge in [0.15, 0.2) is 0 Å². The third-order valence-corrected chi connectivity index (χ3v) is 2.69. The predicted molar refractivity (Wildman–Crippen MR) is 68.8 cm³/mol. The van der Waals surface area contributed by atoms with E-state index in [1.807, 2.05) is 20.0 Å². The zero-order valence-electron chi connectivity index (χ0n) is 9.72. The van der Waals surface area contributed by atoms with E-state index in [0.29, 0.717) is 13.0 Å². The van der Waals surface area contributed by atoms with Gasteiger partial charge >= 0.3 is 0 Å². The van der Waals surface area contributed by atoms with E-state index in [2.05, 4.69) is 27.3 Å². The first-order valence-corrected chi connectivity index (χ1v) is 6.15. The van der Waals surface area contributed by atoms with Crippen LogP contribution in [0.15, 0.2) is 16.6 Å². The number of halogens is 1. The number of hydrogen-bond donors (Lipinski definition) is 2. The topological polar surface area (TPSA) is 41.5 Å². The van der Waals surface area contributed by atoms with Crippen molar-refractivity contribution in [2.75, 3.05) is 20.3 Å². The molecular formula is C12H18BrNO2. The predicted octanol–water partition coefficient (Wildman–Crippen LogP) is 2.24. The third-order valence-electron chi connectivity index (χ3n) is 2.23. The van der Waals surface area contributed by atoms with Crippen molar-refractivity contribution in [3.05, 3.63) is 27.7 Å². The summed E-state index contributed by atoms with van der Waals surface area (Å²) in [4.78, 5) is 0. The lowest BCUT2D eigenvalue weighted by atomic mass is 10.1. The molecule has 0 spiro atoms. The summed E-state index contributed by atoms with van der Waals surface area (Å²) >= 11 is 3.48. The first-order valence-electron chi connectivity index (χ1n) is 5.36. The molecule has 0 aromatic heterocycles. The lowest BCUT2D eigenvalue weighted by molar-refractivity contribution is 0.231. The molecular weight excluding hydrogens is 270 g/mol. The molecule has 0 unspecified atom stereocenters. The maximum Gasteiger partial charge on any atom is 0.126 e. The molecule has 0 bridgehead atoms. The van der Waals surface area contributed by atoms with Crippen LogP contribution >= 0.6 is 15.9 Å². The van der Waals surface area contributed by atoms with Crippen molar-refractivity contribution in [2.45, 2.75) is 19.9 Å². The minimum Gasteiger partial charge on any atom is -0.493 e. The Labute approximate surface area is 105 Å². The molecule has 1 aromatic rings. The zero-order valence-corrected chi connectivity index (χ0v) is 11.3. The number of rotatable bonds is 6. The second-order valence-electron chi connectivity index (χ2n) is 3.67. The molecule has 0 radical (unpaired) electrons. The smallest absolute Gasteiger partial charge is 0.126 e. The Morgan fingerprint density at radius 2 is 2.19 bits per heavy atom. The fraction of sp³-hybridized carbons (Fsp3) is 0.500. The Kier molecular flexibility index (Phi) is 5.80. The van der Waals surface area contributed by atoms with Crippen LogP contribution in [0.2, 0.25) is 0 Å². The number of aliphatic hydroxyl groups excluding tert-OH is 1. The first-order chi connectivity index (χ1) is 7.69. The van der Waals surface area contributed by atoms with E-state index in [-0.39, 0.29) is 6.61 Å². The molecule has 0 saturated carbocycles. The van der Waals surface area contributed by atoms with Crippen molar-refractivity contribution >= 4 is 15.9 Å². The molecule has 16 heavy (non-hydrogen) atoms. The number of aryl methyl sites for hydroxylation is 1. The van der Waals surface area contributed by atoms with Crippen LogP contribution in [0.1, 0.15) is 17.5 Å². The van der Waals surface area contributed by atoms with Crippen molar-refractivity contribution in [3.8, 4) is 5.75 Å². The maximum atomic E-state index is 8.73. The average Bonchev–Trinajstić information content (AvgIpc) is 2.22. The Balaban J connectivity index is 2.85. The van der Waals surface area contributed by atoms with Crippen LogP contribution in [-0.4, -0.2) is 25.4 Å². The molecule has 0 heterocycles. The summed E-state index contributed by atoms with van der Waals surface area (Å²) in [6, 6.07) is 4.09. The van der Waals surface area contributed by atoms with Gasteiger partial charge < -0.3 is 15.2 Å². The number of nitrogens with one attached hydrogen (secondary N) is 1. The van der Waals surface area contributed by atoms with Gasteiger partial charge in [-0.1, -0.05) is 15.9 Å². The molecule has 1 aromatic carbocycles. The molecule has 2 N–H and O–H groups in total. The van der Waals surface area contributed by atoms with E-state index in [1.54, 1.807) is 0 Å². The zero-order chi connectivity index (χ0) is 12.0. The van der Waals surface area contributed by atoms with E-state index in [9.17, 15) is 0 Å². The highest BCUT2D eigenvalue weighted by Crippen LogP contribution is 2.28. The molecule has 0 saturated heterocycles. The molecule has 3 nitrogen and oxygen atoms in total. The van der Waals surface area contributed by atoms with Crippen molar-refractivity contribution in [1.82, 2.24) is 5.32 Å². The summed E-state index contributed by atoms with van der Waals surface area (Å²) in [6.45, 7) is 3.51. The number of aliphatic hydroxyl groups is 1. The number of ether oxygens (including phenoxy) is 1. The van der Waals surface area contributed by atoms with Crippen molar-refractivity contribution in [3.63, 3.8) is 0 Å². The largest absolute Gasteiger partial charge is 0.493 e. The van der Waals surface area contributed by atoms with Gasteiger partial charge in [0.25, 0.3) is 0 Å². The normalized spacial score (nSPS) is 10.5. The molecule has 90 valence electrons. The lowest BCUT2D eigenvalue weighted by Gasteiger charge is -2.14. The summed E-state index contributed by atoms with van der Waals surface area (Å²) in [7, 11) is 1.91. The van der Waals surface area contributed by atoms with Gasteiger partial charge in [-0.15, -0.1) is 0 Å². The maximum absolute atomic E-state index is 8.73. The Morgan fingerprint density at radius 1 is 1.44 bits per heavy atom. The van der Waals surface area contributed by atoms with E-state index in [4.69, 9.17) is 9.84 Å². The molecule has 0 amide bonds. The van der Waals surface area contributed by atoms with Crippen LogP contribution in [0.5, 0.6) is 5.75 Å². The standard InChI is InChI=1S/C12H18BrNO2/c1-9-6-11(13)7-10(8-14-2)12(9)16-5-3-4-15/h6-7,14-15H,3-5,8H2,1-2H3. The second kappa shape index (κ2) is 6.89. The van der Waals surface area contributed by atoms with Gasteiger partial charge in [0.2, 0.25) is 0 Å². The minimum atomic E-state index is 0.164. The van der Waals surface area contributed by atoms with Crippen LogP contribution in [0.3, 0.4) is 0 Å². The van der Waals surface area contributed by atoms with Gasteiger partial charge in [-0.05, 0) is 31.7 Å². The van der Waals surface area contributed by atoms with E-state index in [0.717, 1.165) is 27.9 Å². The second-order valence-corrected chi connectivity index (χ2v) is 4.58. The van der Waals surface area contributed by atoms with E-state index < -0.39 is 0 Å². The quantitative estimate of drug-likeness (QED) is 0.789. The molecule has 0 aliphatic heterocycles. The van der Waals surface area contributed by atoms with Gasteiger partial charge in [0.1, 0.15) is 5.75 Å². The highest BCUT2D eigenvalue weighted by atomic mass is 79.9. The van der Waals surface area contributed by atoms with Gasteiger partial charge in [-0.25, -0.2) is 0 Å². The Morgan fingerprint density at radius 3 is 2.81 bits per heavy atom. The fourth-order valence-corrected chi connectivity index (χ4v) is 2.19. The first kappa shape index (κ1) is 13.5. The Bertz CT molecular complexity index is 342. The molecule has 1 rings (SSSR count). The summed E-state index contributed by atoms with van der Waals surface area (Å²) < 4.78 is 6.76. The van der Waals surface area contributed by atoms with Crippen molar-refractivity contribution in [2.24, 2.45) is 0 Å². The average molecular weight is 288 g/mol. The summed E-state index contributed by atoms with van der Waals surface area (Å²) in [5.74, 6) is 0.922. The third kappa shape index (κ3) is 3.77. The number of benzene rings is 1. The van der Waals surface area contributed by atoms with E-state index >= 15 is 0 Å². The van der Waals surface area contributed by atoms with Crippen molar-refractivity contribution < 1.29 is 9.84 Å². The van der Waals surface area contributed by atoms with Crippen LogP contribution in [0.4, 0.5) is 0 Å². The van der Waals surface area contributed by atoms with Gasteiger partial charge in [0.05, 0.1) is 6.61 Å². The summed E-state index contributed by atoms with van der Waals surface area (Å²) in [6.07, 6.45) is 0.661. The molecule has 0 atom stereocenters.